The van der Waals surface area contributed by atoms with E-state index < -0.39 is 0 Å². The Labute approximate surface area is 124 Å². The molecular formula is C17H19NOS. The van der Waals surface area contributed by atoms with Crippen molar-refractivity contribution in [3.8, 4) is 5.75 Å². The minimum absolute atomic E-state index is 0.0453. The molecule has 0 fully saturated rings. The van der Waals surface area contributed by atoms with Crippen LogP contribution >= 0.6 is 11.8 Å². The Bertz CT molecular complexity index is 609. The number of rotatable bonds is 2. The molecule has 0 spiro atoms. The lowest BCUT2D eigenvalue weighted by Gasteiger charge is -2.31. The number of ether oxygens (including phenoxy) is 1. The lowest BCUT2D eigenvalue weighted by atomic mass is 9.93. The van der Waals surface area contributed by atoms with E-state index in [9.17, 15) is 0 Å². The first-order valence-corrected chi connectivity index (χ1v) is 8.06. The van der Waals surface area contributed by atoms with Gasteiger partial charge in [0, 0.05) is 22.9 Å². The van der Waals surface area contributed by atoms with Crippen LogP contribution in [-0.2, 0) is 0 Å². The van der Waals surface area contributed by atoms with Crippen molar-refractivity contribution in [3.63, 3.8) is 0 Å². The molecule has 0 aromatic heterocycles. The molecule has 0 bridgehead atoms. The van der Waals surface area contributed by atoms with Crippen LogP contribution < -0.4 is 10.5 Å². The quantitative estimate of drug-likeness (QED) is 0.838. The molecule has 2 aromatic rings. The Morgan fingerprint density at radius 1 is 1.15 bits per heavy atom. The van der Waals surface area contributed by atoms with E-state index >= 15 is 0 Å². The molecule has 1 unspecified atom stereocenters. The van der Waals surface area contributed by atoms with Crippen molar-refractivity contribution in [2.45, 2.75) is 30.4 Å². The van der Waals surface area contributed by atoms with Crippen LogP contribution in [0, 0.1) is 6.92 Å². The summed E-state index contributed by atoms with van der Waals surface area (Å²) in [6, 6.07) is 14.8. The molecule has 2 aromatic carbocycles. The molecule has 0 radical (unpaired) electrons. The summed E-state index contributed by atoms with van der Waals surface area (Å²) in [5, 5.41) is 0. The number of nitrogens with two attached hydrogens (primary N) is 1. The third-order valence-electron chi connectivity index (χ3n) is 3.79. The largest absolute Gasteiger partial charge is 0.485 e. The predicted octanol–water partition coefficient (Wildman–Crippen LogP) is 4.24. The average Bonchev–Trinajstić information content (AvgIpc) is 2.48. The second kappa shape index (κ2) is 5.51. The second-order valence-corrected chi connectivity index (χ2v) is 6.14. The number of hydrogen-bond donors (Lipinski definition) is 1. The summed E-state index contributed by atoms with van der Waals surface area (Å²) in [6.45, 7) is 2.08. The highest BCUT2D eigenvalue weighted by molar-refractivity contribution is 7.98. The predicted molar refractivity (Wildman–Crippen MR) is 84.3 cm³/mol. The van der Waals surface area contributed by atoms with Gasteiger partial charge in [-0.2, -0.15) is 0 Å². The lowest BCUT2D eigenvalue weighted by Crippen LogP contribution is -2.24. The fourth-order valence-corrected chi connectivity index (χ4v) is 3.05. The molecule has 1 aliphatic rings. The van der Waals surface area contributed by atoms with Gasteiger partial charge >= 0.3 is 0 Å². The van der Waals surface area contributed by atoms with E-state index in [-0.39, 0.29) is 12.1 Å². The SMILES string of the molecule is CSc1ccc(C2C[C@@H](N)c3cc(C)ccc3O2)cc1. The van der Waals surface area contributed by atoms with Gasteiger partial charge in [-0.1, -0.05) is 29.8 Å². The standard InChI is InChI=1S/C17H19NOS/c1-11-3-8-16-14(9-11)15(18)10-17(19-16)12-4-6-13(20-2)7-5-12/h3-9,15,17H,10,18H2,1-2H3/t15-,17?/m1/s1. The maximum Gasteiger partial charge on any atom is 0.126 e. The van der Waals surface area contributed by atoms with E-state index in [1.165, 1.54) is 16.0 Å². The highest BCUT2D eigenvalue weighted by Gasteiger charge is 2.26. The normalized spacial score (nSPS) is 21.1. The third kappa shape index (κ3) is 2.56. The van der Waals surface area contributed by atoms with Gasteiger partial charge in [-0.3, -0.25) is 0 Å². The fourth-order valence-electron chi connectivity index (χ4n) is 2.65. The molecule has 1 heterocycles. The molecule has 3 rings (SSSR count). The number of fused-ring (bicyclic) bond motifs is 1. The third-order valence-corrected chi connectivity index (χ3v) is 4.53. The van der Waals surface area contributed by atoms with Crippen molar-refractivity contribution in [3.05, 3.63) is 59.2 Å². The van der Waals surface area contributed by atoms with Gasteiger partial charge in [-0.15, -0.1) is 11.8 Å². The van der Waals surface area contributed by atoms with Crippen LogP contribution in [0.15, 0.2) is 47.4 Å². The zero-order chi connectivity index (χ0) is 14.1. The number of benzene rings is 2. The molecule has 0 amide bonds. The molecular weight excluding hydrogens is 266 g/mol. The van der Waals surface area contributed by atoms with Crippen LogP contribution in [0.4, 0.5) is 0 Å². The van der Waals surface area contributed by atoms with Gasteiger partial charge in [0.05, 0.1) is 0 Å². The van der Waals surface area contributed by atoms with Crippen molar-refractivity contribution in [1.82, 2.24) is 0 Å². The van der Waals surface area contributed by atoms with Crippen LogP contribution in [0.25, 0.3) is 0 Å². The van der Waals surface area contributed by atoms with Crippen LogP contribution in [0.5, 0.6) is 5.75 Å². The first-order chi connectivity index (χ1) is 9.67. The molecule has 0 saturated carbocycles. The molecule has 1 aliphatic heterocycles. The van der Waals surface area contributed by atoms with Crippen molar-refractivity contribution >= 4 is 11.8 Å². The highest BCUT2D eigenvalue weighted by atomic mass is 32.2. The molecule has 2 nitrogen and oxygen atoms in total. The van der Waals surface area contributed by atoms with Gasteiger partial charge in [0.25, 0.3) is 0 Å². The molecule has 20 heavy (non-hydrogen) atoms. The molecule has 0 aliphatic carbocycles. The first kappa shape index (κ1) is 13.5. The van der Waals surface area contributed by atoms with Crippen molar-refractivity contribution in [2.75, 3.05) is 6.26 Å². The molecule has 3 heteroatoms. The van der Waals surface area contributed by atoms with Crippen LogP contribution in [0.3, 0.4) is 0 Å². The van der Waals surface area contributed by atoms with E-state index in [1.807, 2.05) is 6.07 Å². The Morgan fingerprint density at radius 2 is 1.90 bits per heavy atom. The topological polar surface area (TPSA) is 35.2 Å². The smallest absolute Gasteiger partial charge is 0.126 e. The maximum absolute atomic E-state index is 6.31. The minimum Gasteiger partial charge on any atom is -0.485 e. The molecule has 0 saturated heterocycles. The Morgan fingerprint density at radius 3 is 2.60 bits per heavy atom. The first-order valence-electron chi connectivity index (χ1n) is 6.84. The van der Waals surface area contributed by atoms with Gasteiger partial charge in [-0.05, 0) is 36.9 Å². The van der Waals surface area contributed by atoms with Crippen LogP contribution in [0.1, 0.15) is 35.3 Å². The van der Waals surface area contributed by atoms with Gasteiger partial charge < -0.3 is 10.5 Å². The summed E-state index contributed by atoms with van der Waals surface area (Å²) in [7, 11) is 0. The van der Waals surface area contributed by atoms with Gasteiger partial charge in [-0.25, -0.2) is 0 Å². The van der Waals surface area contributed by atoms with Gasteiger partial charge in [0.2, 0.25) is 0 Å². The zero-order valence-corrected chi connectivity index (χ0v) is 12.6. The lowest BCUT2D eigenvalue weighted by molar-refractivity contribution is 0.161. The monoisotopic (exact) mass is 285 g/mol. The van der Waals surface area contributed by atoms with Crippen LogP contribution in [-0.4, -0.2) is 6.26 Å². The number of thioether (sulfide) groups is 1. The summed E-state index contributed by atoms with van der Waals surface area (Å²) in [4.78, 5) is 1.27. The van der Waals surface area contributed by atoms with E-state index in [0.717, 1.165) is 17.7 Å². The Kier molecular flexibility index (Phi) is 3.72. The number of aryl methyl sites for hydroxylation is 1. The minimum atomic E-state index is 0.0453. The molecule has 2 N–H and O–H groups in total. The Hall–Kier alpha value is -1.45. The van der Waals surface area contributed by atoms with Crippen molar-refractivity contribution in [1.29, 1.82) is 0 Å². The fraction of sp³-hybridized carbons (Fsp3) is 0.294. The van der Waals surface area contributed by atoms with Gasteiger partial charge in [0.15, 0.2) is 0 Å². The Balaban J connectivity index is 1.88. The van der Waals surface area contributed by atoms with E-state index in [4.69, 9.17) is 10.5 Å². The van der Waals surface area contributed by atoms with E-state index in [2.05, 4.69) is 49.6 Å². The summed E-state index contributed by atoms with van der Waals surface area (Å²) in [6.07, 6.45) is 2.96. The highest BCUT2D eigenvalue weighted by Crippen LogP contribution is 2.40. The molecule has 104 valence electrons. The van der Waals surface area contributed by atoms with Crippen molar-refractivity contribution < 1.29 is 4.74 Å². The average molecular weight is 285 g/mol. The number of hydrogen-bond acceptors (Lipinski definition) is 3. The summed E-state index contributed by atoms with van der Waals surface area (Å²) >= 11 is 1.75. The van der Waals surface area contributed by atoms with Crippen molar-refractivity contribution in [2.24, 2.45) is 5.73 Å². The summed E-state index contributed by atoms with van der Waals surface area (Å²) < 4.78 is 6.13. The van der Waals surface area contributed by atoms with E-state index in [1.54, 1.807) is 11.8 Å². The van der Waals surface area contributed by atoms with E-state index in [0.29, 0.717) is 0 Å². The van der Waals surface area contributed by atoms with Gasteiger partial charge in [0.1, 0.15) is 11.9 Å². The second-order valence-electron chi connectivity index (χ2n) is 5.26. The summed E-state index contributed by atoms with van der Waals surface area (Å²) in [5.74, 6) is 0.924. The molecule has 2 atom stereocenters. The maximum atomic E-state index is 6.31. The summed E-state index contributed by atoms with van der Waals surface area (Å²) in [5.41, 5.74) is 9.87. The van der Waals surface area contributed by atoms with Crippen LogP contribution in [0.2, 0.25) is 0 Å². The zero-order valence-electron chi connectivity index (χ0n) is 11.8.